The highest BCUT2D eigenvalue weighted by molar-refractivity contribution is 6.06. The zero-order chi connectivity index (χ0) is 22.6. The number of aromatic amines is 2. The lowest BCUT2D eigenvalue weighted by atomic mass is 10.0. The number of para-hydroxylation sites is 1. The topological polar surface area (TPSA) is 112 Å². The number of aromatic nitrogens is 6. The van der Waals surface area contributed by atoms with Gasteiger partial charge >= 0.3 is 0 Å². The zero-order valence-corrected chi connectivity index (χ0v) is 18.0. The number of carbonyl (C=O) groups is 1. The first-order chi connectivity index (χ1) is 16.7. The fourth-order valence-electron chi connectivity index (χ4n) is 4.40. The Morgan fingerprint density at radius 2 is 1.91 bits per heavy atom. The second kappa shape index (κ2) is 7.21. The normalized spacial score (nSPS) is 13.6. The van der Waals surface area contributed by atoms with Crippen molar-refractivity contribution >= 4 is 38.7 Å². The summed E-state index contributed by atoms with van der Waals surface area (Å²) in [6.45, 7) is 0. The van der Waals surface area contributed by atoms with Crippen LogP contribution in [0.5, 0.6) is 0 Å². The second-order valence-corrected chi connectivity index (χ2v) is 8.64. The molecule has 4 aromatic heterocycles. The van der Waals surface area contributed by atoms with E-state index in [9.17, 15) is 4.79 Å². The highest BCUT2D eigenvalue weighted by Crippen LogP contribution is 2.32. The molecule has 0 unspecified atom stereocenters. The Balaban J connectivity index is 1.36. The van der Waals surface area contributed by atoms with Crippen molar-refractivity contribution in [2.45, 2.75) is 18.9 Å². The SMILES string of the molecule is O=C(NC1CC1)c1cccc2[nH]c(-c3n[nH]c4ncc(-c5cncc6ccccc56)cc34)nc12. The highest BCUT2D eigenvalue weighted by atomic mass is 16.1. The molecule has 0 saturated heterocycles. The van der Waals surface area contributed by atoms with Crippen LogP contribution in [0.4, 0.5) is 0 Å². The molecule has 0 atom stereocenters. The van der Waals surface area contributed by atoms with E-state index in [1.54, 1.807) is 6.07 Å². The van der Waals surface area contributed by atoms with Crippen molar-refractivity contribution < 1.29 is 4.79 Å². The third-order valence-corrected chi connectivity index (χ3v) is 6.29. The van der Waals surface area contributed by atoms with Gasteiger partial charge in [-0.05, 0) is 36.4 Å². The maximum Gasteiger partial charge on any atom is 0.253 e. The predicted octanol–water partition coefficient (Wildman–Crippen LogP) is 4.61. The molecular formula is C26H19N7O. The number of nitrogens with zero attached hydrogens (tertiary/aromatic N) is 4. The average molecular weight is 445 g/mol. The highest BCUT2D eigenvalue weighted by Gasteiger charge is 2.25. The number of fused-ring (bicyclic) bond motifs is 3. The lowest BCUT2D eigenvalue weighted by Gasteiger charge is -2.06. The second-order valence-electron chi connectivity index (χ2n) is 8.64. The minimum Gasteiger partial charge on any atom is -0.349 e. The molecule has 0 radical (unpaired) electrons. The van der Waals surface area contributed by atoms with Crippen LogP contribution in [0.2, 0.25) is 0 Å². The van der Waals surface area contributed by atoms with Gasteiger partial charge in [-0.3, -0.25) is 14.9 Å². The number of H-pyrrole nitrogens is 2. The molecule has 1 aliphatic carbocycles. The van der Waals surface area contributed by atoms with E-state index in [1.807, 2.05) is 48.9 Å². The maximum absolute atomic E-state index is 12.7. The van der Waals surface area contributed by atoms with Crippen molar-refractivity contribution in [2.75, 3.05) is 0 Å². The minimum absolute atomic E-state index is 0.0922. The van der Waals surface area contributed by atoms with Gasteiger partial charge in [0.2, 0.25) is 0 Å². The molecule has 0 spiro atoms. The van der Waals surface area contributed by atoms with Crippen molar-refractivity contribution in [1.29, 1.82) is 0 Å². The minimum atomic E-state index is -0.0922. The van der Waals surface area contributed by atoms with Gasteiger partial charge in [0.05, 0.1) is 16.5 Å². The molecule has 0 aliphatic heterocycles. The van der Waals surface area contributed by atoms with E-state index in [4.69, 9.17) is 4.98 Å². The Hall–Kier alpha value is -4.59. The predicted molar refractivity (Wildman–Crippen MR) is 130 cm³/mol. The maximum atomic E-state index is 12.7. The molecule has 1 amide bonds. The summed E-state index contributed by atoms with van der Waals surface area (Å²) in [5.41, 5.74) is 5.25. The molecule has 1 fully saturated rings. The molecule has 4 heterocycles. The Morgan fingerprint density at radius 3 is 2.82 bits per heavy atom. The number of carbonyl (C=O) groups excluding carboxylic acids is 1. The number of benzene rings is 2. The first kappa shape index (κ1) is 18.9. The molecule has 34 heavy (non-hydrogen) atoms. The fourth-order valence-corrected chi connectivity index (χ4v) is 4.40. The molecule has 8 heteroatoms. The lowest BCUT2D eigenvalue weighted by molar-refractivity contribution is 0.0952. The Morgan fingerprint density at radius 1 is 1.00 bits per heavy atom. The van der Waals surface area contributed by atoms with E-state index in [1.165, 1.54) is 0 Å². The van der Waals surface area contributed by atoms with Crippen LogP contribution in [0.15, 0.2) is 67.1 Å². The first-order valence-electron chi connectivity index (χ1n) is 11.2. The molecule has 1 saturated carbocycles. The van der Waals surface area contributed by atoms with Gasteiger partial charge in [0.1, 0.15) is 11.2 Å². The van der Waals surface area contributed by atoms with Crippen LogP contribution in [0.3, 0.4) is 0 Å². The van der Waals surface area contributed by atoms with Crippen molar-refractivity contribution in [3.05, 3.63) is 72.7 Å². The summed E-state index contributed by atoms with van der Waals surface area (Å²) < 4.78 is 0. The number of hydrogen-bond donors (Lipinski definition) is 3. The average Bonchev–Trinajstić information content (AvgIpc) is 3.41. The van der Waals surface area contributed by atoms with Crippen LogP contribution >= 0.6 is 0 Å². The van der Waals surface area contributed by atoms with Crippen LogP contribution in [0.1, 0.15) is 23.2 Å². The molecule has 7 rings (SSSR count). The van der Waals surface area contributed by atoms with Gasteiger partial charge in [0.15, 0.2) is 11.5 Å². The molecule has 3 N–H and O–H groups in total. The summed E-state index contributed by atoms with van der Waals surface area (Å²) in [6, 6.07) is 16.1. The van der Waals surface area contributed by atoms with Gasteiger partial charge in [-0.15, -0.1) is 0 Å². The lowest BCUT2D eigenvalue weighted by Crippen LogP contribution is -2.25. The van der Waals surface area contributed by atoms with Crippen molar-refractivity contribution in [2.24, 2.45) is 0 Å². The molecule has 2 aromatic carbocycles. The summed E-state index contributed by atoms with van der Waals surface area (Å²) in [5, 5.41) is 13.6. The Kier molecular flexibility index (Phi) is 4.01. The van der Waals surface area contributed by atoms with Gasteiger partial charge < -0.3 is 10.3 Å². The summed E-state index contributed by atoms with van der Waals surface area (Å²) in [4.78, 5) is 29.8. The zero-order valence-electron chi connectivity index (χ0n) is 18.0. The molecule has 8 nitrogen and oxygen atoms in total. The van der Waals surface area contributed by atoms with Gasteiger partial charge in [-0.25, -0.2) is 9.97 Å². The van der Waals surface area contributed by atoms with E-state index in [0.717, 1.165) is 45.6 Å². The van der Waals surface area contributed by atoms with E-state index in [0.29, 0.717) is 28.2 Å². The third kappa shape index (κ3) is 3.03. The van der Waals surface area contributed by atoms with Crippen LogP contribution in [-0.4, -0.2) is 42.1 Å². The standard InChI is InChI=1S/C26H19N7O/c34-26(29-16-8-9-16)18-6-3-7-21-22(18)31-25(30-21)23-19-10-15(12-28-24(19)33-32-23)20-13-27-11-14-4-1-2-5-17(14)20/h1-7,10-13,16H,8-9H2,(H,29,34)(H,30,31)(H,28,32,33). The van der Waals surface area contributed by atoms with Crippen molar-refractivity contribution in [3.8, 4) is 22.6 Å². The van der Waals surface area contributed by atoms with Crippen LogP contribution in [-0.2, 0) is 0 Å². The molecule has 164 valence electrons. The van der Waals surface area contributed by atoms with Crippen molar-refractivity contribution in [1.82, 2.24) is 35.5 Å². The summed E-state index contributed by atoms with van der Waals surface area (Å²) in [5.74, 6) is 0.494. The number of hydrogen-bond acceptors (Lipinski definition) is 5. The van der Waals surface area contributed by atoms with Gasteiger partial charge in [-0.1, -0.05) is 30.3 Å². The van der Waals surface area contributed by atoms with E-state index in [2.05, 4.69) is 42.6 Å². The Bertz CT molecular complexity index is 1720. The molecule has 1 aliphatic rings. The third-order valence-electron chi connectivity index (χ3n) is 6.29. The number of amides is 1. The smallest absolute Gasteiger partial charge is 0.253 e. The molecule has 6 aromatic rings. The van der Waals surface area contributed by atoms with Gasteiger partial charge in [0.25, 0.3) is 5.91 Å². The summed E-state index contributed by atoms with van der Waals surface area (Å²) >= 11 is 0. The van der Waals surface area contributed by atoms with Gasteiger partial charge in [0, 0.05) is 41.1 Å². The monoisotopic (exact) mass is 445 g/mol. The molecule has 0 bridgehead atoms. The summed E-state index contributed by atoms with van der Waals surface area (Å²) in [7, 11) is 0. The number of imidazole rings is 1. The van der Waals surface area contributed by atoms with Gasteiger partial charge in [-0.2, -0.15) is 5.10 Å². The first-order valence-corrected chi connectivity index (χ1v) is 11.2. The Labute approximate surface area is 193 Å². The quantitative estimate of drug-likeness (QED) is 0.367. The number of pyridine rings is 2. The van der Waals surface area contributed by atoms with Crippen LogP contribution in [0.25, 0.3) is 55.5 Å². The summed E-state index contributed by atoms with van der Waals surface area (Å²) in [6.07, 6.45) is 7.62. The fraction of sp³-hybridized carbons (Fsp3) is 0.115. The van der Waals surface area contributed by atoms with E-state index < -0.39 is 0 Å². The van der Waals surface area contributed by atoms with Crippen molar-refractivity contribution in [3.63, 3.8) is 0 Å². The number of rotatable bonds is 4. The van der Waals surface area contributed by atoms with Crippen LogP contribution < -0.4 is 5.32 Å². The largest absolute Gasteiger partial charge is 0.349 e. The van der Waals surface area contributed by atoms with E-state index in [-0.39, 0.29) is 11.9 Å². The molecular weight excluding hydrogens is 426 g/mol. The number of nitrogens with one attached hydrogen (secondary N) is 3. The van der Waals surface area contributed by atoms with Crippen LogP contribution in [0, 0.1) is 0 Å². The van der Waals surface area contributed by atoms with E-state index >= 15 is 0 Å².